The van der Waals surface area contributed by atoms with Gasteiger partial charge in [-0.05, 0) is 46.3 Å². The minimum Gasteiger partial charge on any atom is -0.383 e. The van der Waals surface area contributed by atoms with E-state index in [2.05, 4.69) is 47.8 Å². The molecule has 0 radical (unpaired) electrons. The number of benzene rings is 2. The van der Waals surface area contributed by atoms with E-state index < -0.39 is 17.7 Å². The molecule has 2 aromatic rings. The van der Waals surface area contributed by atoms with E-state index in [0.717, 1.165) is 6.07 Å². The Morgan fingerprint density at radius 1 is 0.947 bits per heavy atom. The lowest BCUT2D eigenvalue weighted by Crippen LogP contribution is -2.07. The molecule has 1 unspecified atom stereocenters. The largest absolute Gasteiger partial charge is 0.383 e. The summed E-state index contributed by atoms with van der Waals surface area (Å²) < 4.78 is 29.1. The second-order valence-electron chi connectivity index (χ2n) is 3.83. The number of halogens is 5. The first kappa shape index (κ1) is 15.1. The fourth-order valence-corrected chi connectivity index (χ4v) is 2.86. The Kier molecular flexibility index (Phi) is 4.76. The Hall–Kier alpha value is -0.300. The van der Waals surface area contributed by atoms with Crippen LogP contribution in [0.25, 0.3) is 0 Å². The van der Waals surface area contributed by atoms with Gasteiger partial charge in [-0.15, -0.1) is 0 Å². The van der Waals surface area contributed by atoms with Gasteiger partial charge in [0.25, 0.3) is 0 Å². The van der Waals surface area contributed by atoms with Gasteiger partial charge in [-0.1, -0.05) is 31.9 Å². The van der Waals surface area contributed by atoms with Gasteiger partial charge in [-0.25, -0.2) is 8.78 Å². The molecule has 2 aromatic carbocycles. The molecule has 0 aliphatic heterocycles. The molecule has 0 bridgehead atoms. The average molecular weight is 457 g/mol. The maximum Gasteiger partial charge on any atom is 0.146 e. The summed E-state index contributed by atoms with van der Waals surface area (Å²) in [4.78, 5) is 0. The number of hydrogen-bond donors (Lipinski definition) is 1. The van der Waals surface area contributed by atoms with Crippen molar-refractivity contribution in [3.63, 3.8) is 0 Å². The van der Waals surface area contributed by atoms with E-state index >= 15 is 0 Å². The van der Waals surface area contributed by atoms with Crippen LogP contribution in [-0.2, 0) is 0 Å². The third-order valence-electron chi connectivity index (χ3n) is 2.61. The first-order chi connectivity index (χ1) is 8.91. The van der Waals surface area contributed by atoms with Gasteiger partial charge in [-0.2, -0.15) is 0 Å². The normalized spacial score (nSPS) is 12.5. The van der Waals surface area contributed by atoms with Crippen molar-refractivity contribution in [2.24, 2.45) is 0 Å². The summed E-state index contributed by atoms with van der Waals surface area (Å²) in [5, 5.41) is 10.2. The van der Waals surface area contributed by atoms with E-state index in [1.165, 1.54) is 6.07 Å². The van der Waals surface area contributed by atoms with Crippen molar-refractivity contribution in [1.29, 1.82) is 0 Å². The number of aliphatic hydroxyl groups excluding tert-OH is 1. The van der Waals surface area contributed by atoms with Crippen LogP contribution in [0.15, 0.2) is 43.7 Å². The van der Waals surface area contributed by atoms with E-state index in [4.69, 9.17) is 0 Å². The van der Waals surface area contributed by atoms with Gasteiger partial charge in [0.05, 0.1) is 10.0 Å². The smallest absolute Gasteiger partial charge is 0.146 e. The number of rotatable bonds is 2. The van der Waals surface area contributed by atoms with Crippen LogP contribution >= 0.6 is 47.8 Å². The summed E-state index contributed by atoms with van der Waals surface area (Å²) in [5.74, 6) is -1.60. The van der Waals surface area contributed by atoms with Crippen molar-refractivity contribution in [2.75, 3.05) is 0 Å². The fraction of sp³-hybridized carbons (Fsp3) is 0.0769. The van der Waals surface area contributed by atoms with Crippen LogP contribution in [0.3, 0.4) is 0 Å². The minimum atomic E-state index is -1.40. The average Bonchev–Trinajstić information content (AvgIpc) is 2.37. The van der Waals surface area contributed by atoms with Gasteiger partial charge >= 0.3 is 0 Å². The second-order valence-corrected chi connectivity index (χ2v) is 6.45. The Bertz CT molecular complexity index is 632. The lowest BCUT2D eigenvalue weighted by atomic mass is 10.0. The van der Waals surface area contributed by atoms with Crippen molar-refractivity contribution < 1.29 is 13.9 Å². The molecule has 6 heteroatoms. The zero-order valence-electron chi connectivity index (χ0n) is 9.30. The first-order valence-electron chi connectivity index (χ1n) is 5.18. The van der Waals surface area contributed by atoms with Gasteiger partial charge < -0.3 is 5.11 Å². The van der Waals surface area contributed by atoms with Crippen molar-refractivity contribution >= 4 is 47.8 Å². The third-order valence-corrected chi connectivity index (χ3v) is 4.43. The highest BCUT2D eigenvalue weighted by molar-refractivity contribution is 9.11. The molecule has 2 rings (SSSR count). The van der Waals surface area contributed by atoms with Crippen LogP contribution < -0.4 is 0 Å². The predicted molar refractivity (Wildman–Crippen MR) is 80.0 cm³/mol. The second kappa shape index (κ2) is 5.99. The molecule has 0 saturated carbocycles. The zero-order chi connectivity index (χ0) is 14.2. The Morgan fingerprint density at radius 2 is 1.58 bits per heavy atom. The molecule has 1 N–H and O–H groups in total. The Morgan fingerprint density at radius 3 is 2.26 bits per heavy atom. The van der Waals surface area contributed by atoms with Gasteiger partial charge in [0.2, 0.25) is 0 Å². The van der Waals surface area contributed by atoms with E-state index in [1.807, 2.05) is 0 Å². The fourth-order valence-electron chi connectivity index (χ4n) is 1.67. The maximum absolute atomic E-state index is 14.0. The molecular formula is C13H7Br3F2O. The highest BCUT2D eigenvalue weighted by Gasteiger charge is 2.23. The summed E-state index contributed by atoms with van der Waals surface area (Å²) in [6, 6.07) is 7.42. The van der Waals surface area contributed by atoms with Gasteiger partial charge in [0, 0.05) is 14.5 Å². The molecule has 0 aromatic heterocycles. The molecule has 19 heavy (non-hydrogen) atoms. The van der Waals surface area contributed by atoms with Crippen LogP contribution in [-0.4, -0.2) is 5.11 Å². The van der Waals surface area contributed by atoms with Crippen molar-refractivity contribution in [3.05, 3.63) is 66.5 Å². The molecule has 100 valence electrons. The summed E-state index contributed by atoms with van der Waals surface area (Å²) >= 11 is 9.50. The number of aliphatic hydroxyl groups is 1. The molecule has 0 saturated heterocycles. The zero-order valence-corrected chi connectivity index (χ0v) is 14.1. The van der Waals surface area contributed by atoms with Crippen LogP contribution in [0.1, 0.15) is 17.2 Å². The minimum absolute atomic E-state index is 0.106. The van der Waals surface area contributed by atoms with Crippen LogP contribution in [0.4, 0.5) is 8.78 Å². The molecule has 0 spiro atoms. The van der Waals surface area contributed by atoms with E-state index in [-0.39, 0.29) is 10.0 Å². The van der Waals surface area contributed by atoms with E-state index in [0.29, 0.717) is 14.5 Å². The first-order valence-corrected chi connectivity index (χ1v) is 7.56. The highest BCUT2D eigenvalue weighted by atomic mass is 79.9. The molecule has 0 amide bonds. The standard InChI is InChI=1S/C13H7Br3F2O/c14-6-1-2-8(15)7(5-6)13(19)11-10(17)4-3-9(16)12(11)18/h1-5,13,19H. The van der Waals surface area contributed by atoms with Crippen LogP contribution in [0, 0.1) is 11.6 Å². The molecule has 1 atom stereocenters. The summed E-state index contributed by atoms with van der Waals surface area (Å²) in [5.41, 5.74) is -0.00144. The maximum atomic E-state index is 14.0. The quantitative estimate of drug-likeness (QED) is 0.605. The monoisotopic (exact) mass is 454 g/mol. The summed E-state index contributed by atoms with van der Waals surface area (Å²) in [7, 11) is 0. The summed E-state index contributed by atoms with van der Waals surface area (Å²) in [6.07, 6.45) is -1.40. The molecular weight excluding hydrogens is 450 g/mol. The van der Waals surface area contributed by atoms with Crippen molar-refractivity contribution in [1.82, 2.24) is 0 Å². The molecule has 0 aliphatic rings. The Labute approximate surface area is 134 Å². The SMILES string of the molecule is OC(c1cc(Br)ccc1Br)c1c(F)ccc(Br)c1F. The van der Waals surface area contributed by atoms with Crippen LogP contribution in [0.5, 0.6) is 0 Å². The van der Waals surface area contributed by atoms with Crippen molar-refractivity contribution in [3.8, 4) is 0 Å². The van der Waals surface area contributed by atoms with E-state index in [9.17, 15) is 13.9 Å². The lowest BCUT2D eigenvalue weighted by molar-refractivity contribution is 0.208. The van der Waals surface area contributed by atoms with Gasteiger partial charge in [-0.3, -0.25) is 0 Å². The topological polar surface area (TPSA) is 20.2 Å². The number of hydrogen-bond acceptors (Lipinski definition) is 1. The van der Waals surface area contributed by atoms with E-state index in [1.54, 1.807) is 18.2 Å². The highest BCUT2D eigenvalue weighted by Crippen LogP contribution is 2.35. The lowest BCUT2D eigenvalue weighted by Gasteiger charge is -2.16. The third kappa shape index (κ3) is 3.07. The Balaban J connectivity index is 2.59. The van der Waals surface area contributed by atoms with Gasteiger partial charge in [0.1, 0.15) is 17.7 Å². The van der Waals surface area contributed by atoms with Gasteiger partial charge in [0.15, 0.2) is 0 Å². The molecule has 0 aliphatic carbocycles. The molecule has 0 fully saturated rings. The summed E-state index contributed by atoms with van der Waals surface area (Å²) in [6.45, 7) is 0. The molecule has 0 heterocycles. The predicted octanol–water partition coefficient (Wildman–Crippen LogP) is 5.33. The molecule has 1 nitrogen and oxygen atoms in total. The van der Waals surface area contributed by atoms with Crippen LogP contribution in [0.2, 0.25) is 0 Å². The van der Waals surface area contributed by atoms with Crippen molar-refractivity contribution in [2.45, 2.75) is 6.10 Å².